The van der Waals surface area contributed by atoms with Crippen LogP contribution < -0.4 is 10.5 Å². The number of nitrogens with two attached hydrogens (primary N) is 1. The minimum Gasteiger partial charge on any atom is -0.507 e. The average molecular weight is 544 g/mol. The molecule has 0 saturated carbocycles. The van der Waals surface area contributed by atoms with Crippen LogP contribution in [0.5, 0.6) is 17.2 Å². The lowest BCUT2D eigenvalue weighted by Gasteiger charge is -2.44. The maximum atomic E-state index is 13.7. The molecule has 1 fully saturated rings. The number of ketones is 2. The molecule has 2 aliphatic carbocycles. The fourth-order valence-corrected chi connectivity index (χ4v) is 6.07. The fourth-order valence-electron chi connectivity index (χ4n) is 6.07. The molecule has 1 aliphatic heterocycles. The van der Waals surface area contributed by atoms with Crippen molar-refractivity contribution in [2.45, 2.75) is 69.4 Å². The number of aromatic hydroxyl groups is 2. The first kappa shape index (κ1) is 27.5. The SMILES string of the molecule is COc1cccc2c1C(=O)c1c(O)c3c(c(O)c1C2=O)C[C@@](O)(C(N)CO)CC3OC1CC(C)C(O)C(C)O1. The summed E-state index contributed by atoms with van der Waals surface area (Å²) < 4.78 is 17.3. The number of aliphatic hydroxyl groups excluding tert-OH is 2. The Bertz CT molecular complexity index is 1330. The number of benzene rings is 2. The summed E-state index contributed by atoms with van der Waals surface area (Å²) in [4.78, 5) is 27.2. The molecule has 5 rings (SSSR count). The first-order valence-electron chi connectivity index (χ1n) is 12.9. The summed E-state index contributed by atoms with van der Waals surface area (Å²) in [5.41, 5.74) is 3.47. The third-order valence-corrected chi connectivity index (χ3v) is 8.30. The van der Waals surface area contributed by atoms with E-state index in [2.05, 4.69) is 0 Å². The first-order valence-corrected chi connectivity index (χ1v) is 12.9. The van der Waals surface area contributed by atoms with E-state index in [0.29, 0.717) is 6.42 Å². The molecular weight excluding hydrogens is 510 g/mol. The molecule has 1 heterocycles. The highest BCUT2D eigenvalue weighted by Crippen LogP contribution is 2.52. The van der Waals surface area contributed by atoms with Crippen LogP contribution in [0.3, 0.4) is 0 Å². The van der Waals surface area contributed by atoms with Gasteiger partial charge in [-0.05, 0) is 18.9 Å². The number of aliphatic hydroxyl groups is 3. The van der Waals surface area contributed by atoms with Crippen molar-refractivity contribution in [1.82, 2.24) is 0 Å². The highest BCUT2D eigenvalue weighted by Gasteiger charge is 2.49. The number of methoxy groups -OCH3 is 1. The van der Waals surface area contributed by atoms with Gasteiger partial charge in [-0.3, -0.25) is 9.59 Å². The van der Waals surface area contributed by atoms with E-state index < -0.39 is 71.5 Å². The number of phenols is 2. The van der Waals surface area contributed by atoms with Crippen LogP contribution in [0.4, 0.5) is 0 Å². The molecule has 1 saturated heterocycles. The highest BCUT2D eigenvalue weighted by molar-refractivity contribution is 6.31. The fraction of sp³-hybridized carbons (Fsp3) is 0.500. The second kappa shape index (κ2) is 9.84. The van der Waals surface area contributed by atoms with E-state index in [1.54, 1.807) is 6.92 Å². The van der Waals surface area contributed by atoms with Crippen molar-refractivity contribution in [3.63, 3.8) is 0 Å². The van der Waals surface area contributed by atoms with Gasteiger partial charge in [0, 0.05) is 36.0 Å². The van der Waals surface area contributed by atoms with Gasteiger partial charge in [0.2, 0.25) is 5.78 Å². The highest BCUT2D eigenvalue weighted by atomic mass is 16.7. The Morgan fingerprint density at radius 3 is 2.46 bits per heavy atom. The number of phenolic OH excluding ortho intramolecular Hbond substituents is 2. The summed E-state index contributed by atoms with van der Waals surface area (Å²) in [5, 5.41) is 54.5. The number of carbonyl (C=O) groups is 2. The van der Waals surface area contributed by atoms with Crippen LogP contribution in [0, 0.1) is 5.92 Å². The van der Waals surface area contributed by atoms with E-state index >= 15 is 0 Å². The second-order valence-electron chi connectivity index (χ2n) is 10.8. The van der Waals surface area contributed by atoms with Gasteiger partial charge >= 0.3 is 0 Å². The van der Waals surface area contributed by atoms with E-state index in [1.165, 1.54) is 25.3 Å². The van der Waals surface area contributed by atoms with Gasteiger partial charge < -0.3 is 45.5 Å². The van der Waals surface area contributed by atoms with Crippen molar-refractivity contribution in [1.29, 1.82) is 0 Å². The molecule has 210 valence electrons. The van der Waals surface area contributed by atoms with E-state index in [4.69, 9.17) is 19.9 Å². The first-order chi connectivity index (χ1) is 18.4. The summed E-state index contributed by atoms with van der Waals surface area (Å²) in [5.74, 6) is -2.59. The number of carbonyl (C=O) groups excluding carboxylic acids is 2. The summed E-state index contributed by atoms with van der Waals surface area (Å²) in [7, 11) is 1.35. The molecule has 2 aromatic carbocycles. The Morgan fingerprint density at radius 1 is 1.13 bits per heavy atom. The van der Waals surface area contributed by atoms with Crippen molar-refractivity contribution in [2.75, 3.05) is 13.7 Å². The monoisotopic (exact) mass is 543 g/mol. The largest absolute Gasteiger partial charge is 0.507 e. The second-order valence-corrected chi connectivity index (χ2v) is 10.8. The van der Waals surface area contributed by atoms with Gasteiger partial charge in [-0.2, -0.15) is 0 Å². The molecule has 11 nitrogen and oxygen atoms in total. The number of ether oxygens (including phenoxy) is 3. The number of hydrogen-bond acceptors (Lipinski definition) is 11. The predicted molar refractivity (Wildman–Crippen MR) is 136 cm³/mol. The van der Waals surface area contributed by atoms with Crippen LogP contribution in [-0.4, -0.2) is 81.0 Å². The summed E-state index contributed by atoms with van der Waals surface area (Å²) in [6.07, 6.45) is -3.52. The van der Waals surface area contributed by atoms with Crippen molar-refractivity contribution in [3.8, 4) is 17.2 Å². The lowest BCUT2D eigenvalue weighted by molar-refractivity contribution is -0.256. The molecule has 0 aromatic heterocycles. The molecule has 0 amide bonds. The molecule has 0 bridgehead atoms. The average Bonchev–Trinajstić information content (AvgIpc) is 2.90. The maximum Gasteiger partial charge on any atom is 0.202 e. The van der Waals surface area contributed by atoms with Gasteiger partial charge in [0.15, 0.2) is 12.1 Å². The smallest absolute Gasteiger partial charge is 0.202 e. The van der Waals surface area contributed by atoms with Crippen LogP contribution in [0.25, 0.3) is 0 Å². The minimum atomic E-state index is -1.79. The van der Waals surface area contributed by atoms with Crippen LogP contribution in [0.15, 0.2) is 18.2 Å². The van der Waals surface area contributed by atoms with Crippen molar-refractivity contribution in [3.05, 3.63) is 51.6 Å². The van der Waals surface area contributed by atoms with E-state index in [-0.39, 0.29) is 52.3 Å². The molecule has 7 N–H and O–H groups in total. The molecule has 2 aromatic rings. The van der Waals surface area contributed by atoms with Crippen molar-refractivity contribution in [2.24, 2.45) is 11.7 Å². The minimum absolute atomic E-state index is 0.00423. The zero-order valence-corrected chi connectivity index (χ0v) is 21.9. The molecule has 39 heavy (non-hydrogen) atoms. The zero-order valence-electron chi connectivity index (χ0n) is 21.9. The summed E-state index contributed by atoms with van der Waals surface area (Å²) >= 11 is 0. The molecule has 7 atom stereocenters. The Kier molecular flexibility index (Phi) is 6.94. The topological polar surface area (TPSA) is 189 Å². The molecule has 6 unspecified atom stereocenters. The Hall–Kier alpha value is -3.06. The number of rotatable bonds is 5. The quantitative estimate of drug-likeness (QED) is 0.253. The Balaban J connectivity index is 1.68. The van der Waals surface area contributed by atoms with Gasteiger partial charge in [0.05, 0.1) is 60.4 Å². The van der Waals surface area contributed by atoms with Gasteiger partial charge in [-0.1, -0.05) is 19.1 Å². The van der Waals surface area contributed by atoms with Gasteiger partial charge in [-0.25, -0.2) is 0 Å². The predicted octanol–water partition coefficient (Wildman–Crippen LogP) is 1.07. The number of fused-ring (bicyclic) bond motifs is 3. The molecular formula is C28H33NO10. The standard InChI is InChI=1S/C28H33NO10/c1-11-7-18(38-12(2)23(11)31)39-16-9-28(36,17(29)10-30)8-14-20(16)27(35)22-21(25(14)33)24(32)13-5-4-6-15(37-3)19(13)26(22)34/h4-6,11-12,16-18,23,30-31,33,35-36H,7-10,29H2,1-3H3/t11?,12?,16?,17?,18?,23?,28-/m0/s1. The van der Waals surface area contributed by atoms with Gasteiger partial charge in [0.1, 0.15) is 17.2 Å². The van der Waals surface area contributed by atoms with Gasteiger partial charge in [-0.15, -0.1) is 0 Å². The molecule has 0 spiro atoms. The zero-order chi connectivity index (χ0) is 28.4. The Morgan fingerprint density at radius 2 is 1.82 bits per heavy atom. The lowest BCUT2D eigenvalue weighted by Crippen LogP contribution is -2.55. The number of hydrogen-bond donors (Lipinski definition) is 6. The normalized spacial score (nSPS) is 30.8. The van der Waals surface area contributed by atoms with Crippen LogP contribution in [-0.2, 0) is 15.9 Å². The molecule has 3 aliphatic rings. The summed E-state index contributed by atoms with van der Waals surface area (Å²) in [6, 6.07) is 3.33. The van der Waals surface area contributed by atoms with Crippen LogP contribution in [0.1, 0.15) is 75.8 Å². The van der Waals surface area contributed by atoms with E-state index in [0.717, 1.165) is 0 Å². The van der Waals surface area contributed by atoms with E-state index in [9.17, 15) is 35.1 Å². The lowest BCUT2D eigenvalue weighted by atomic mass is 9.71. The third-order valence-electron chi connectivity index (χ3n) is 8.30. The van der Waals surface area contributed by atoms with Crippen LogP contribution >= 0.6 is 0 Å². The molecule has 0 radical (unpaired) electrons. The van der Waals surface area contributed by atoms with Crippen molar-refractivity contribution < 1.29 is 49.3 Å². The Labute approximate surface area is 224 Å². The van der Waals surface area contributed by atoms with E-state index in [1.807, 2.05) is 6.92 Å². The maximum absolute atomic E-state index is 13.7. The van der Waals surface area contributed by atoms with Crippen LogP contribution in [0.2, 0.25) is 0 Å². The van der Waals surface area contributed by atoms with Crippen molar-refractivity contribution >= 4 is 11.6 Å². The molecule has 11 heteroatoms. The summed E-state index contributed by atoms with van der Waals surface area (Å²) in [6.45, 7) is 2.95. The third kappa shape index (κ3) is 4.21. The van der Waals surface area contributed by atoms with Gasteiger partial charge in [0.25, 0.3) is 0 Å².